The van der Waals surface area contributed by atoms with E-state index >= 15 is 0 Å². The Morgan fingerprint density at radius 2 is 1.88 bits per heavy atom. The molecule has 7 nitrogen and oxygen atoms in total. The summed E-state index contributed by atoms with van der Waals surface area (Å²) in [7, 11) is 0. The summed E-state index contributed by atoms with van der Waals surface area (Å²) in [5, 5.41) is 15.7. The lowest BCUT2D eigenvalue weighted by molar-refractivity contribution is -0.384. The number of benzene rings is 3. The van der Waals surface area contributed by atoms with Gasteiger partial charge in [-0.25, -0.2) is 9.97 Å². The van der Waals surface area contributed by atoms with Crippen LogP contribution in [0.1, 0.15) is 5.56 Å². The number of nitrogens with zero attached hydrogens (tertiary/aromatic N) is 3. The molecule has 1 aromatic heterocycles. The molecule has 0 aliphatic rings. The van der Waals surface area contributed by atoms with Gasteiger partial charge in [-0.15, -0.1) is 0 Å². The first kappa shape index (κ1) is 21.7. The van der Waals surface area contributed by atoms with E-state index in [1.54, 1.807) is 19.1 Å². The lowest BCUT2D eigenvalue weighted by atomic mass is 10.2. The molecular weight excluding hydrogens is 448 g/mol. The number of fused-ring (bicyclic) bond motifs is 1. The van der Waals surface area contributed by atoms with E-state index in [4.69, 9.17) is 11.6 Å². The Morgan fingerprint density at radius 1 is 1.09 bits per heavy atom. The molecule has 1 N–H and O–H groups in total. The predicted molar refractivity (Wildman–Crippen MR) is 127 cm³/mol. The number of carbonyl (C=O) groups is 1. The fourth-order valence-corrected chi connectivity index (χ4v) is 4.10. The highest BCUT2D eigenvalue weighted by atomic mass is 35.5. The van der Waals surface area contributed by atoms with Crippen molar-refractivity contribution in [2.45, 2.75) is 11.9 Å². The number of hydrogen-bond acceptors (Lipinski definition) is 6. The molecule has 0 bridgehead atoms. The predicted octanol–water partition coefficient (Wildman–Crippen LogP) is 5.90. The third-order valence-electron chi connectivity index (χ3n) is 4.69. The van der Waals surface area contributed by atoms with Gasteiger partial charge in [0.1, 0.15) is 5.03 Å². The lowest BCUT2D eigenvalue weighted by Crippen LogP contribution is -2.15. The van der Waals surface area contributed by atoms with E-state index in [2.05, 4.69) is 15.3 Å². The number of nitro groups is 1. The fraction of sp³-hybridized carbons (Fsp3) is 0.0870. The van der Waals surface area contributed by atoms with Crippen molar-refractivity contribution < 1.29 is 9.72 Å². The van der Waals surface area contributed by atoms with Crippen LogP contribution in [0.4, 0.5) is 11.4 Å². The molecule has 32 heavy (non-hydrogen) atoms. The zero-order valence-corrected chi connectivity index (χ0v) is 18.5. The SMILES string of the molecule is Cc1cc([N+](=O)[O-])ccc1NC(=O)CSc1nc(-c2ccccc2)nc2ccc(Cl)cc12. The first-order chi connectivity index (χ1) is 15.4. The van der Waals surface area contributed by atoms with E-state index in [9.17, 15) is 14.9 Å². The van der Waals surface area contributed by atoms with E-state index in [1.165, 1.54) is 30.0 Å². The summed E-state index contributed by atoms with van der Waals surface area (Å²) in [6.07, 6.45) is 0. The summed E-state index contributed by atoms with van der Waals surface area (Å²) < 4.78 is 0. The van der Waals surface area contributed by atoms with E-state index < -0.39 is 4.92 Å². The van der Waals surface area contributed by atoms with Gasteiger partial charge in [0.25, 0.3) is 5.69 Å². The van der Waals surface area contributed by atoms with Crippen LogP contribution in [0.5, 0.6) is 0 Å². The first-order valence-electron chi connectivity index (χ1n) is 9.61. The van der Waals surface area contributed by atoms with Crippen LogP contribution in [0.2, 0.25) is 5.02 Å². The van der Waals surface area contributed by atoms with Crippen LogP contribution in [0.15, 0.2) is 71.8 Å². The summed E-state index contributed by atoms with van der Waals surface area (Å²) >= 11 is 7.46. The average Bonchev–Trinajstić information content (AvgIpc) is 2.79. The highest BCUT2D eigenvalue weighted by molar-refractivity contribution is 8.00. The molecule has 0 saturated carbocycles. The Hall–Kier alpha value is -3.49. The van der Waals surface area contributed by atoms with Crippen LogP contribution in [0, 0.1) is 17.0 Å². The molecule has 0 radical (unpaired) electrons. The third kappa shape index (κ3) is 4.87. The summed E-state index contributed by atoms with van der Waals surface area (Å²) in [6, 6.07) is 19.3. The van der Waals surface area contributed by atoms with Gasteiger partial charge in [0.15, 0.2) is 5.82 Å². The number of aryl methyl sites for hydroxylation is 1. The lowest BCUT2D eigenvalue weighted by Gasteiger charge is -2.10. The average molecular weight is 465 g/mol. The van der Waals surface area contributed by atoms with E-state index in [1.807, 2.05) is 36.4 Å². The maximum atomic E-state index is 12.6. The van der Waals surface area contributed by atoms with Gasteiger partial charge in [-0.2, -0.15) is 0 Å². The van der Waals surface area contributed by atoms with Crippen LogP contribution in [-0.2, 0) is 4.79 Å². The molecule has 0 spiro atoms. The van der Waals surface area contributed by atoms with Gasteiger partial charge in [0, 0.05) is 33.8 Å². The van der Waals surface area contributed by atoms with E-state index in [-0.39, 0.29) is 17.3 Å². The molecule has 0 atom stereocenters. The summed E-state index contributed by atoms with van der Waals surface area (Å²) in [4.78, 5) is 32.3. The minimum atomic E-state index is -0.468. The van der Waals surface area contributed by atoms with Crippen LogP contribution >= 0.6 is 23.4 Å². The number of nitrogens with one attached hydrogen (secondary N) is 1. The number of non-ortho nitro benzene ring substituents is 1. The van der Waals surface area contributed by atoms with Crippen molar-refractivity contribution in [2.24, 2.45) is 0 Å². The smallest absolute Gasteiger partial charge is 0.269 e. The Bertz CT molecular complexity index is 1330. The third-order valence-corrected chi connectivity index (χ3v) is 5.92. The Morgan fingerprint density at radius 3 is 2.59 bits per heavy atom. The summed E-state index contributed by atoms with van der Waals surface area (Å²) in [6.45, 7) is 1.71. The van der Waals surface area contributed by atoms with Crippen LogP contribution in [0.3, 0.4) is 0 Å². The standard InChI is InChI=1S/C23H17ClN4O3S/c1-14-11-17(28(30)31)8-10-19(14)25-21(29)13-32-23-18-12-16(24)7-9-20(18)26-22(27-23)15-5-3-2-4-6-15/h2-12H,13H2,1H3,(H,25,29). The highest BCUT2D eigenvalue weighted by Gasteiger charge is 2.14. The number of rotatable bonds is 6. The summed E-state index contributed by atoms with van der Waals surface area (Å²) in [5.74, 6) is 0.417. The molecule has 0 aliphatic carbocycles. The number of amides is 1. The van der Waals surface area contributed by atoms with Gasteiger partial charge in [-0.3, -0.25) is 14.9 Å². The second-order valence-corrected chi connectivity index (χ2v) is 8.37. The van der Waals surface area contributed by atoms with Crippen molar-refractivity contribution in [2.75, 3.05) is 11.1 Å². The van der Waals surface area contributed by atoms with Crippen molar-refractivity contribution in [3.8, 4) is 11.4 Å². The molecule has 1 heterocycles. The normalized spacial score (nSPS) is 10.8. The van der Waals surface area contributed by atoms with Gasteiger partial charge >= 0.3 is 0 Å². The van der Waals surface area contributed by atoms with Crippen molar-refractivity contribution in [1.29, 1.82) is 0 Å². The largest absolute Gasteiger partial charge is 0.325 e. The van der Waals surface area contributed by atoms with Gasteiger partial charge in [0.2, 0.25) is 5.91 Å². The Balaban J connectivity index is 1.57. The van der Waals surface area contributed by atoms with Crippen LogP contribution < -0.4 is 5.32 Å². The summed E-state index contributed by atoms with van der Waals surface area (Å²) in [5.41, 5.74) is 2.73. The van der Waals surface area contributed by atoms with E-state index in [0.29, 0.717) is 27.1 Å². The van der Waals surface area contributed by atoms with E-state index in [0.717, 1.165) is 16.5 Å². The van der Waals surface area contributed by atoms with Crippen LogP contribution in [-0.4, -0.2) is 26.6 Å². The number of nitro benzene ring substituents is 1. The maximum absolute atomic E-state index is 12.6. The second-order valence-electron chi connectivity index (χ2n) is 6.97. The second kappa shape index (κ2) is 9.33. The van der Waals surface area contributed by atoms with Crippen molar-refractivity contribution in [3.63, 3.8) is 0 Å². The molecule has 3 aromatic carbocycles. The van der Waals surface area contributed by atoms with Gasteiger partial charge in [-0.1, -0.05) is 53.7 Å². The topological polar surface area (TPSA) is 98.0 Å². The number of thioether (sulfide) groups is 1. The fourth-order valence-electron chi connectivity index (χ4n) is 3.12. The maximum Gasteiger partial charge on any atom is 0.269 e. The zero-order valence-electron chi connectivity index (χ0n) is 16.9. The van der Waals surface area contributed by atoms with Gasteiger partial charge in [-0.05, 0) is 36.8 Å². The number of carbonyl (C=O) groups excluding carboxylic acids is 1. The zero-order chi connectivity index (χ0) is 22.7. The number of hydrogen-bond donors (Lipinski definition) is 1. The molecule has 0 aliphatic heterocycles. The van der Waals surface area contributed by atoms with Crippen molar-refractivity contribution >= 4 is 51.5 Å². The highest BCUT2D eigenvalue weighted by Crippen LogP contribution is 2.30. The molecular formula is C23H17ClN4O3S. The number of anilines is 1. The quantitative estimate of drug-likeness (QED) is 0.165. The molecule has 9 heteroatoms. The monoisotopic (exact) mass is 464 g/mol. The minimum absolute atomic E-state index is 0.0207. The van der Waals surface area contributed by atoms with Crippen molar-refractivity contribution in [3.05, 3.63) is 87.4 Å². The van der Waals surface area contributed by atoms with Gasteiger partial charge < -0.3 is 5.32 Å². The Labute approximate surface area is 193 Å². The molecule has 0 saturated heterocycles. The number of halogens is 1. The minimum Gasteiger partial charge on any atom is -0.325 e. The van der Waals surface area contributed by atoms with Crippen molar-refractivity contribution in [1.82, 2.24) is 9.97 Å². The number of aromatic nitrogens is 2. The molecule has 160 valence electrons. The van der Waals surface area contributed by atoms with Gasteiger partial charge in [0.05, 0.1) is 16.2 Å². The molecule has 0 fully saturated rings. The molecule has 4 aromatic rings. The Kier molecular flexibility index (Phi) is 6.34. The molecule has 1 amide bonds. The molecule has 4 rings (SSSR count). The molecule has 0 unspecified atom stereocenters. The van der Waals surface area contributed by atoms with Crippen LogP contribution in [0.25, 0.3) is 22.3 Å². The first-order valence-corrected chi connectivity index (χ1v) is 11.0.